The zero-order chi connectivity index (χ0) is 20.9. The van der Waals surface area contributed by atoms with Crippen molar-refractivity contribution in [2.45, 2.75) is 51.4 Å². The summed E-state index contributed by atoms with van der Waals surface area (Å²) in [5, 5.41) is 9.29. The van der Waals surface area contributed by atoms with Gasteiger partial charge in [-0.3, -0.25) is 9.69 Å². The highest BCUT2D eigenvalue weighted by Crippen LogP contribution is 2.32. The summed E-state index contributed by atoms with van der Waals surface area (Å²) in [5.41, 5.74) is 3.43. The lowest BCUT2D eigenvalue weighted by Gasteiger charge is -2.33. The molecule has 2 aliphatic heterocycles. The lowest BCUT2D eigenvalue weighted by atomic mass is 9.96. The molecule has 6 nitrogen and oxygen atoms in total. The minimum atomic E-state index is 0.171. The van der Waals surface area contributed by atoms with Crippen molar-refractivity contribution in [3.63, 3.8) is 0 Å². The number of carbonyl (C=O) groups excluding carboxylic acids is 1. The molecule has 0 radical (unpaired) electrons. The molecular weight excluding hydrogens is 376 g/mol. The first kappa shape index (κ1) is 20.9. The molecule has 30 heavy (non-hydrogen) atoms. The summed E-state index contributed by atoms with van der Waals surface area (Å²) < 4.78 is 0. The Labute approximate surface area is 179 Å². The normalized spacial score (nSPS) is 19.7. The monoisotopic (exact) mass is 408 g/mol. The molecule has 2 aliphatic rings. The molecule has 0 bridgehead atoms. The standard InChI is InChI=1S/C24H32N4O2/c1-18-21-11-12-22(30)28(14-5-9-19-7-3-2-4-8-19)24(21)26-23(25-18)20-10-6-13-27(17-20)15-16-29/h2-4,7-8,20,29H,5-6,9-17H2,1H3/t20-/m1/s1. The predicted octanol–water partition coefficient (Wildman–Crippen LogP) is 2.87. The van der Waals surface area contributed by atoms with Crippen LogP contribution in [0.25, 0.3) is 0 Å². The Morgan fingerprint density at radius 3 is 2.77 bits per heavy atom. The molecule has 0 aliphatic carbocycles. The van der Waals surface area contributed by atoms with Gasteiger partial charge in [0.25, 0.3) is 0 Å². The van der Waals surface area contributed by atoms with Crippen LogP contribution in [0.1, 0.15) is 54.2 Å². The summed E-state index contributed by atoms with van der Waals surface area (Å²) in [4.78, 5) is 26.8. The summed E-state index contributed by atoms with van der Waals surface area (Å²) in [6.45, 7) is 5.52. The van der Waals surface area contributed by atoms with E-state index in [2.05, 4.69) is 36.1 Å². The molecular formula is C24H32N4O2. The maximum Gasteiger partial charge on any atom is 0.228 e. The molecule has 0 unspecified atom stereocenters. The molecule has 3 heterocycles. The molecule has 1 amide bonds. The molecule has 4 rings (SSSR count). The van der Waals surface area contributed by atoms with Crippen LogP contribution in [0, 0.1) is 6.92 Å². The van der Waals surface area contributed by atoms with Crippen molar-refractivity contribution in [3.05, 3.63) is 53.0 Å². The van der Waals surface area contributed by atoms with E-state index < -0.39 is 0 Å². The van der Waals surface area contributed by atoms with E-state index in [1.165, 1.54) is 5.56 Å². The highest BCUT2D eigenvalue weighted by atomic mass is 16.3. The van der Waals surface area contributed by atoms with Crippen LogP contribution in [-0.2, 0) is 17.6 Å². The summed E-state index contributed by atoms with van der Waals surface area (Å²) in [6, 6.07) is 10.4. The average molecular weight is 409 g/mol. The van der Waals surface area contributed by atoms with E-state index in [1.54, 1.807) is 0 Å². The summed E-state index contributed by atoms with van der Waals surface area (Å²) in [7, 11) is 0. The van der Waals surface area contributed by atoms with Gasteiger partial charge in [0, 0.05) is 43.2 Å². The number of anilines is 1. The molecule has 160 valence electrons. The SMILES string of the molecule is Cc1nc([C@@H]2CCCN(CCO)C2)nc2c1CCC(=O)N2CCCc1ccccc1. The minimum absolute atomic E-state index is 0.171. The lowest BCUT2D eigenvalue weighted by Crippen LogP contribution is -2.39. The molecule has 0 saturated carbocycles. The van der Waals surface area contributed by atoms with E-state index in [-0.39, 0.29) is 18.4 Å². The van der Waals surface area contributed by atoms with Gasteiger partial charge >= 0.3 is 0 Å². The van der Waals surface area contributed by atoms with Gasteiger partial charge in [-0.15, -0.1) is 0 Å². The maximum absolute atomic E-state index is 12.8. The second-order valence-electron chi connectivity index (χ2n) is 8.47. The van der Waals surface area contributed by atoms with E-state index in [0.29, 0.717) is 19.5 Å². The number of aliphatic hydroxyl groups is 1. The Bertz CT molecular complexity index is 869. The van der Waals surface area contributed by atoms with Crippen molar-refractivity contribution in [2.24, 2.45) is 0 Å². The van der Waals surface area contributed by atoms with E-state index in [0.717, 1.165) is 68.1 Å². The van der Waals surface area contributed by atoms with Gasteiger partial charge in [-0.25, -0.2) is 9.97 Å². The first-order chi connectivity index (χ1) is 14.7. The van der Waals surface area contributed by atoms with Gasteiger partial charge in [-0.2, -0.15) is 0 Å². The number of benzene rings is 1. The number of aromatic nitrogens is 2. The Balaban J connectivity index is 1.53. The number of likely N-dealkylation sites (tertiary alicyclic amines) is 1. The van der Waals surface area contributed by atoms with Crippen molar-refractivity contribution in [1.29, 1.82) is 0 Å². The smallest absolute Gasteiger partial charge is 0.228 e. The number of carbonyl (C=O) groups is 1. The van der Waals surface area contributed by atoms with Crippen molar-refractivity contribution >= 4 is 11.7 Å². The largest absolute Gasteiger partial charge is 0.395 e. The van der Waals surface area contributed by atoms with Gasteiger partial charge in [-0.1, -0.05) is 30.3 Å². The van der Waals surface area contributed by atoms with Crippen LogP contribution in [0.15, 0.2) is 30.3 Å². The number of β-amino-alcohol motifs (C(OH)–C–C–N with tert-alkyl or cyclic N) is 1. The van der Waals surface area contributed by atoms with Crippen LogP contribution in [0.2, 0.25) is 0 Å². The average Bonchev–Trinajstić information content (AvgIpc) is 2.76. The lowest BCUT2D eigenvalue weighted by molar-refractivity contribution is -0.119. The van der Waals surface area contributed by atoms with Gasteiger partial charge in [0.15, 0.2) is 0 Å². The number of piperidine rings is 1. The third-order valence-corrected chi connectivity index (χ3v) is 6.33. The fourth-order valence-electron chi connectivity index (χ4n) is 4.71. The number of fused-ring (bicyclic) bond motifs is 1. The summed E-state index contributed by atoms with van der Waals surface area (Å²) in [6.07, 6.45) is 5.29. The fraction of sp³-hybridized carbons (Fsp3) is 0.542. The topological polar surface area (TPSA) is 69.6 Å². The van der Waals surface area contributed by atoms with Gasteiger partial charge in [0.2, 0.25) is 5.91 Å². The zero-order valence-electron chi connectivity index (χ0n) is 17.9. The molecule has 1 saturated heterocycles. The minimum Gasteiger partial charge on any atom is -0.395 e. The quantitative estimate of drug-likeness (QED) is 0.763. The van der Waals surface area contributed by atoms with Crippen molar-refractivity contribution in [3.8, 4) is 0 Å². The van der Waals surface area contributed by atoms with Gasteiger partial charge in [-0.05, 0) is 51.1 Å². The summed E-state index contributed by atoms with van der Waals surface area (Å²) in [5.74, 6) is 2.13. The first-order valence-electron chi connectivity index (χ1n) is 11.2. The van der Waals surface area contributed by atoms with Crippen LogP contribution in [0.5, 0.6) is 0 Å². The Hall–Kier alpha value is -2.31. The molecule has 2 aromatic rings. The van der Waals surface area contributed by atoms with Crippen molar-refractivity contribution in [2.75, 3.05) is 37.7 Å². The third kappa shape index (κ3) is 4.71. The molecule has 1 aromatic carbocycles. The van der Waals surface area contributed by atoms with Crippen LogP contribution >= 0.6 is 0 Å². The highest BCUT2D eigenvalue weighted by molar-refractivity contribution is 5.95. The third-order valence-electron chi connectivity index (χ3n) is 6.33. The van der Waals surface area contributed by atoms with Gasteiger partial charge in [0.05, 0.1) is 6.61 Å². The van der Waals surface area contributed by atoms with E-state index in [4.69, 9.17) is 9.97 Å². The van der Waals surface area contributed by atoms with Crippen LogP contribution < -0.4 is 4.90 Å². The molecule has 0 spiro atoms. The van der Waals surface area contributed by atoms with E-state index in [9.17, 15) is 9.90 Å². The van der Waals surface area contributed by atoms with Crippen LogP contribution in [-0.4, -0.2) is 58.7 Å². The molecule has 1 N–H and O–H groups in total. The van der Waals surface area contributed by atoms with Crippen molar-refractivity contribution in [1.82, 2.24) is 14.9 Å². The molecule has 1 aromatic heterocycles. The second kappa shape index (κ2) is 9.67. The van der Waals surface area contributed by atoms with Crippen molar-refractivity contribution < 1.29 is 9.90 Å². The molecule has 1 atom stereocenters. The Kier molecular flexibility index (Phi) is 6.75. The highest BCUT2D eigenvalue weighted by Gasteiger charge is 2.30. The predicted molar refractivity (Wildman–Crippen MR) is 118 cm³/mol. The summed E-state index contributed by atoms with van der Waals surface area (Å²) >= 11 is 0. The Morgan fingerprint density at radius 1 is 1.13 bits per heavy atom. The number of amides is 1. The van der Waals surface area contributed by atoms with Crippen LogP contribution in [0.4, 0.5) is 5.82 Å². The van der Waals surface area contributed by atoms with Gasteiger partial charge in [0.1, 0.15) is 11.6 Å². The second-order valence-corrected chi connectivity index (χ2v) is 8.47. The van der Waals surface area contributed by atoms with E-state index >= 15 is 0 Å². The maximum atomic E-state index is 12.8. The number of aryl methyl sites for hydroxylation is 2. The van der Waals surface area contributed by atoms with Crippen LogP contribution in [0.3, 0.4) is 0 Å². The van der Waals surface area contributed by atoms with Gasteiger partial charge < -0.3 is 10.0 Å². The first-order valence-corrected chi connectivity index (χ1v) is 11.2. The number of hydrogen-bond acceptors (Lipinski definition) is 5. The Morgan fingerprint density at radius 2 is 1.97 bits per heavy atom. The number of nitrogens with zero attached hydrogens (tertiary/aromatic N) is 4. The molecule has 6 heteroatoms. The number of aliphatic hydroxyl groups excluding tert-OH is 1. The van der Waals surface area contributed by atoms with E-state index in [1.807, 2.05) is 11.0 Å². The zero-order valence-corrected chi connectivity index (χ0v) is 17.9. The fourth-order valence-corrected chi connectivity index (χ4v) is 4.71. The number of rotatable bonds is 7. The number of hydrogen-bond donors (Lipinski definition) is 1. The molecule has 1 fully saturated rings.